The van der Waals surface area contributed by atoms with Crippen LogP contribution in [0.1, 0.15) is 37.0 Å². The number of nitrogens with one attached hydrogen (secondary N) is 2. The highest BCUT2D eigenvalue weighted by molar-refractivity contribution is 7.09. The number of hydrogen-bond donors (Lipinski definition) is 2. The van der Waals surface area contributed by atoms with Crippen molar-refractivity contribution < 1.29 is 9.59 Å². The molecule has 2 aliphatic rings. The Hall–Kier alpha value is -2.09. The average Bonchev–Trinajstić information content (AvgIpc) is 3.45. The fraction of sp³-hybridized carbons (Fsp3) is 0.650. The molecule has 0 bridgehead atoms. The number of thiophene rings is 1. The maximum absolute atomic E-state index is 12.7. The van der Waals surface area contributed by atoms with Gasteiger partial charge in [0.05, 0.1) is 6.54 Å². The smallest absolute Gasteiger partial charge is 0.243 e. The second-order valence-electron chi connectivity index (χ2n) is 7.78. The molecule has 1 saturated heterocycles. The van der Waals surface area contributed by atoms with Crippen molar-refractivity contribution in [2.75, 3.05) is 33.7 Å². The van der Waals surface area contributed by atoms with Crippen LogP contribution in [0.4, 0.5) is 0 Å². The van der Waals surface area contributed by atoms with E-state index in [0.717, 1.165) is 25.8 Å². The van der Waals surface area contributed by atoms with Crippen molar-refractivity contribution in [3.63, 3.8) is 0 Å². The van der Waals surface area contributed by atoms with Crippen molar-refractivity contribution in [3.8, 4) is 0 Å². The van der Waals surface area contributed by atoms with Crippen LogP contribution in [0.5, 0.6) is 0 Å². The highest BCUT2D eigenvalue weighted by Gasteiger charge is 2.32. The largest absolute Gasteiger partial charge is 0.352 e. The van der Waals surface area contributed by atoms with Crippen LogP contribution in [0, 0.1) is 5.92 Å². The highest BCUT2D eigenvalue weighted by atomic mass is 32.1. The third-order valence-corrected chi connectivity index (χ3v) is 6.30. The second kappa shape index (κ2) is 9.91. The predicted molar refractivity (Wildman–Crippen MR) is 112 cm³/mol. The molecule has 0 spiro atoms. The number of carbonyl (C=O) groups excluding carboxylic acids is 2. The first-order valence-electron chi connectivity index (χ1n) is 10.1. The van der Waals surface area contributed by atoms with Gasteiger partial charge in [-0.05, 0) is 30.7 Å². The van der Waals surface area contributed by atoms with Crippen molar-refractivity contribution in [2.45, 2.75) is 44.7 Å². The summed E-state index contributed by atoms with van der Waals surface area (Å²) in [6, 6.07) is 4.25. The summed E-state index contributed by atoms with van der Waals surface area (Å²) in [7, 11) is 3.46. The summed E-state index contributed by atoms with van der Waals surface area (Å²) in [4.78, 5) is 33.8. The fourth-order valence-corrected chi connectivity index (χ4v) is 4.37. The molecule has 0 radical (unpaired) electrons. The van der Waals surface area contributed by atoms with E-state index in [4.69, 9.17) is 0 Å². The van der Waals surface area contributed by atoms with Crippen LogP contribution in [0.25, 0.3) is 0 Å². The Bertz CT molecular complexity index is 683. The van der Waals surface area contributed by atoms with Gasteiger partial charge >= 0.3 is 0 Å². The summed E-state index contributed by atoms with van der Waals surface area (Å²) >= 11 is 1.68. The van der Waals surface area contributed by atoms with Crippen LogP contribution in [0.2, 0.25) is 0 Å². The summed E-state index contributed by atoms with van der Waals surface area (Å²) < 4.78 is 0. The molecule has 3 rings (SSSR count). The molecule has 1 aromatic heterocycles. The second-order valence-corrected chi connectivity index (χ2v) is 8.81. The lowest BCUT2D eigenvalue weighted by Gasteiger charge is -2.21. The van der Waals surface area contributed by atoms with Gasteiger partial charge in [-0.3, -0.25) is 9.59 Å². The van der Waals surface area contributed by atoms with Crippen LogP contribution in [0.15, 0.2) is 22.5 Å². The molecule has 8 heteroatoms. The lowest BCUT2D eigenvalue weighted by Crippen LogP contribution is -2.45. The van der Waals surface area contributed by atoms with Crippen LogP contribution < -0.4 is 10.6 Å². The average molecular weight is 406 g/mol. The number of amides is 2. The molecule has 1 aliphatic heterocycles. The molecule has 1 saturated carbocycles. The van der Waals surface area contributed by atoms with Gasteiger partial charge in [-0.15, -0.1) is 11.3 Å². The third-order valence-electron chi connectivity index (χ3n) is 5.43. The summed E-state index contributed by atoms with van der Waals surface area (Å²) in [5, 5.41) is 8.79. The van der Waals surface area contributed by atoms with Gasteiger partial charge in [0, 0.05) is 44.0 Å². The minimum Gasteiger partial charge on any atom is -0.352 e. The van der Waals surface area contributed by atoms with E-state index in [9.17, 15) is 9.59 Å². The highest BCUT2D eigenvalue weighted by Crippen LogP contribution is 2.27. The van der Waals surface area contributed by atoms with E-state index < -0.39 is 0 Å². The molecule has 2 amide bonds. The molecule has 0 aromatic carbocycles. The number of carbonyl (C=O) groups is 2. The maximum Gasteiger partial charge on any atom is 0.243 e. The number of likely N-dealkylation sites (tertiary alicyclic amines) is 1. The normalized spacial score (nSPS) is 20.4. The Morgan fingerprint density at radius 1 is 1.29 bits per heavy atom. The van der Waals surface area contributed by atoms with Crippen molar-refractivity contribution in [2.24, 2.45) is 10.9 Å². The first kappa shape index (κ1) is 20.6. The van der Waals surface area contributed by atoms with E-state index in [-0.39, 0.29) is 24.4 Å². The number of likely N-dealkylation sites (N-methyl/N-ethyl adjacent to an activating group) is 1. The van der Waals surface area contributed by atoms with Crippen molar-refractivity contribution in [1.82, 2.24) is 20.4 Å². The van der Waals surface area contributed by atoms with Gasteiger partial charge < -0.3 is 20.4 Å². The number of hydrogen-bond acceptors (Lipinski definition) is 4. The molecule has 1 atom stereocenters. The number of nitrogens with zero attached hydrogens (tertiary/aromatic N) is 3. The summed E-state index contributed by atoms with van der Waals surface area (Å²) in [5.74, 6) is 1.13. The van der Waals surface area contributed by atoms with E-state index >= 15 is 0 Å². The van der Waals surface area contributed by atoms with E-state index in [1.807, 2.05) is 16.3 Å². The fourth-order valence-electron chi connectivity index (χ4n) is 3.73. The standard InChI is InChI=1S/C20H31N5O2S/c1-24(2)18(26)13-22-20(21-12-17-8-5-11-28-17)23-16-9-10-25(14-16)19(27)15-6-3-4-7-15/h5,8,11,15-16H,3-4,6-7,9-10,12-14H2,1-2H3,(H2,21,22,23). The van der Waals surface area contributed by atoms with Gasteiger partial charge in [-0.25, -0.2) is 4.99 Å². The summed E-state index contributed by atoms with van der Waals surface area (Å²) in [6.07, 6.45) is 5.33. The molecule has 2 heterocycles. The molecule has 28 heavy (non-hydrogen) atoms. The molecule has 7 nitrogen and oxygen atoms in total. The zero-order valence-electron chi connectivity index (χ0n) is 16.8. The van der Waals surface area contributed by atoms with E-state index in [2.05, 4.69) is 21.7 Å². The molecule has 1 aliphatic carbocycles. The zero-order chi connectivity index (χ0) is 19.9. The predicted octanol–water partition coefficient (Wildman–Crippen LogP) is 1.66. The molecule has 2 N–H and O–H groups in total. The van der Waals surface area contributed by atoms with Crippen LogP contribution >= 0.6 is 11.3 Å². The Morgan fingerprint density at radius 2 is 2.07 bits per heavy atom. The van der Waals surface area contributed by atoms with Crippen molar-refractivity contribution in [3.05, 3.63) is 22.4 Å². The van der Waals surface area contributed by atoms with Gasteiger partial charge in [0.25, 0.3) is 0 Å². The topological polar surface area (TPSA) is 77.0 Å². The summed E-state index contributed by atoms with van der Waals surface area (Å²) in [5.41, 5.74) is 0. The Labute approximate surface area is 171 Å². The minimum atomic E-state index is -0.0401. The molecule has 1 aromatic rings. The number of rotatable bonds is 6. The van der Waals surface area contributed by atoms with Gasteiger partial charge in [0.2, 0.25) is 11.8 Å². The first-order chi connectivity index (χ1) is 13.5. The van der Waals surface area contributed by atoms with Crippen LogP contribution in [-0.2, 0) is 16.1 Å². The lowest BCUT2D eigenvalue weighted by atomic mass is 10.1. The maximum atomic E-state index is 12.7. The first-order valence-corrected chi connectivity index (χ1v) is 11.0. The molecular weight excluding hydrogens is 374 g/mol. The van der Waals surface area contributed by atoms with Gasteiger partial charge in [-0.2, -0.15) is 0 Å². The third kappa shape index (κ3) is 5.70. The Morgan fingerprint density at radius 3 is 2.75 bits per heavy atom. The molecule has 1 unspecified atom stereocenters. The SMILES string of the molecule is CN(C)C(=O)CN=C(NCc1cccs1)NC1CCN(C(=O)C2CCCC2)C1. The van der Waals surface area contributed by atoms with Gasteiger partial charge in [0.1, 0.15) is 6.54 Å². The lowest BCUT2D eigenvalue weighted by molar-refractivity contribution is -0.134. The molecular formula is C20H31N5O2S. The van der Waals surface area contributed by atoms with E-state index in [1.165, 1.54) is 22.6 Å². The van der Waals surface area contributed by atoms with Crippen molar-refractivity contribution >= 4 is 29.1 Å². The van der Waals surface area contributed by atoms with Gasteiger partial charge in [0.15, 0.2) is 5.96 Å². The molecule has 154 valence electrons. The monoisotopic (exact) mass is 405 g/mol. The quantitative estimate of drug-likeness (QED) is 0.557. The number of guanidine groups is 1. The van der Waals surface area contributed by atoms with E-state index in [1.54, 1.807) is 25.4 Å². The van der Waals surface area contributed by atoms with E-state index in [0.29, 0.717) is 25.0 Å². The van der Waals surface area contributed by atoms with Crippen molar-refractivity contribution in [1.29, 1.82) is 0 Å². The summed E-state index contributed by atoms with van der Waals surface area (Å²) in [6.45, 7) is 2.26. The Balaban J connectivity index is 1.56. The van der Waals surface area contributed by atoms with Gasteiger partial charge in [-0.1, -0.05) is 18.9 Å². The van der Waals surface area contributed by atoms with Crippen LogP contribution in [-0.4, -0.2) is 67.3 Å². The Kier molecular flexibility index (Phi) is 7.30. The zero-order valence-corrected chi connectivity index (χ0v) is 17.6. The minimum absolute atomic E-state index is 0.0401. The van der Waals surface area contributed by atoms with Crippen LogP contribution in [0.3, 0.4) is 0 Å². The molecule has 2 fully saturated rings. The number of aliphatic imine (C=N–C) groups is 1.